The maximum Gasteiger partial charge on any atom is 0.270 e. The van der Waals surface area contributed by atoms with E-state index in [1.54, 1.807) is 13.8 Å². The van der Waals surface area contributed by atoms with Gasteiger partial charge in [0.15, 0.2) is 11.6 Å². The normalized spacial score (nSPS) is 12.2. The second-order valence-corrected chi connectivity index (χ2v) is 4.89. The second-order valence-electron chi connectivity index (χ2n) is 4.89. The molecule has 0 aromatic heterocycles. The zero-order valence-corrected chi connectivity index (χ0v) is 11.6. The van der Waals surface area contributed by atoms with Crippen LogP contribution in [-0.2, 0) is 0 Å². The Balaban J connectivity index is 2.54. The van der Waals surface area contributed by atoms with E-state index in [1.807, 2.05) is 0 Å². The highest BCUT2D eigenvalue weighted by molar-refractivity contribution is 5.48. The van der Waals surface area contributed by atoms with Gasteiger partial charge in [-0.2, -0.15) is 0 Å². The van der Waals surface area contributed by atoms with Crippen LogP contribution in [0, 0.1) is 35.6 Å². The van der Waals surface area contributed by atoms with Crippen molar-refractivity contribution in [1.29, 1.82) is 0 Å². The predicted molar refractivity (Wildman–Crippen MR) is 75.0 cm³/mol. The molecule has 0 aliphatic carbocycles. The fourth-order valence-electron chi connectivity index (χ4n) is 2.18. The van der Waals surface area contributed by atoms with Crippen LogP contribution in [0.3, 0.4) is 0 Å². The van der Waals surface area contributed by atoms with E-state index in [0.717, 1.165) is 23.3 Å². The SMILES string of the molecule is Cc1cc([N+](=O)[O-])cc(C(N)c2ccc(F)c(F)c2)c1C. The highest BCUT2D eigenvalue weighted by atomic mass is 19.2. The van der Waals surface area contributed by atoms with Gasteiger partial charge in [0.05, 0.1) is 11.0 Å². The molecule has 0 spiro atoms. The van der Waals surface area contributed by atoms with Crippen molar-refractivity contribution >= 4 is 5.69 Å². The maximum absolute atomic E-state index is 13.3. The number of non-ortho nitro benzene ring substituents is 1. The largest absolute Gasteiger partial charge is 0.320 e. The lowest BCUT2D eigenvalue weighted by molar-refractivity contribution is -0.385. The molecule has 1 atom stereocenters. The summed E-state index contributed by atoms with van der Waals surface area (Å²) in [4.78, 5) is 10.4. The minimum atomic E-state index is -0.997. The van der Waals surface area contributed by atoms with Gasteiger partial charge in [0.2, 0.25) is 0 Å². The van der Waals surface area contributed by atoms with Gasteiger partial charge >= 0.3 is 0 Å². The quantitative estimate of drug-likeness (QED) is 0.695. The lowest BCUT2D eigenvalue weighted by Gasteiger charge is -2.17. The number of hydrogen-bond donors (Lipinski definition) is 1. The zero-order valence-electron chi connectivity index (χ0n) is 11.6. The van der Waals surface area contributed by atoms with Crippen LogP contribution in [0.15, 0.2) is 30.3 Å². The molecule has 2 aromatic rings. The summed E-state index contributed by atoms with van der Waals surface area (Å²) in [5.74, 6) is -1.96. The molecule has 0 amide bonds. The Bertz CT molecular complexity index is 717. The molecule has 0 fully saturated rings. The van der Waals surface area contributed by atoms with Crippen LogP contribution in [0.2, 0.25) is 0 Å². The Kier molecular flexibility index (Phi) is 3.99. The van der Waals surface area contributed by atoms with Gasteiger partial charge in [-0.15, -0.1) is 0 Å². The smallest absolute Gasteiger partial charge is 0.270 e. The van der Waals surface area contributed by atoms with Gasteiger partial charge in [-0.25, -0.2) is 8.78 Å². The summed E-state index contributed by atoms with van der Waals surface area (Å²) < 4.78 is 26.3. The highest BCUT2D eigenvalue weighted by Gasteiger charge is 2.19. The molecule has 4 nitrogen and oxygen atoms in total. The molecule has 2 aromatic carbocycles. The first kappa shape index (κ1) is 15.1. The number of nitro benzene ring substituents is 1. The molecule has 0 bridgehead atoms. The Morgan fingerprint density at radius 1 is 1.14 bits per heavy atom. The molecule has 0 aliphatic rings. The van der Waals surface area contributed by atoms with Crippen molar-refractivity contribution in [2.75, 3.05) is 0 Å². The second kappa shape index (κ2) is 5.57. The van der Waals surface area contributed by atoms with E-state index in [9.17, 15) is 18.9 Å². The van der Waals surface area contributed by atoms with E-state index < -0.39 is 22.6 Å². The molecular weight excluding hydrogens is 278 g/mol. The van der Waals surface area contributed by atoms with Gasteiger partial charge in [-0.05, 0) is 48.2 Å². The summed E-state index contributed by atoms with van der Waals surface area (Å²) in [7, 11) is 0. The number of hydrogen-bond acceptors (Lipinski definition) is 3. The molecule has 0 aliphatic heterocycles. The third kappa shape index (κ3) is 2.90. The van der Waals surface area contributed by atoms with Gasteiger partial charge < -0.3 is 5.73 Å². The fourth-order valence-corrected chi connectivity index (χ4v) is 2.18. The van der Waals surface area contributed by atoms with Crippen molar-refractivity contribution in [2.45, 2.75) is 19.9 Å². The first-order valence-electron chi connectivity index (χ1n) is 6.27. The van der Waals surface area contributed by atoms with Gasteiger partial charge in [0, 0.05) is 12.1 Å². The molecule has 110 valence electrons. The van der Waals surface area contributed by atoms with Crippen LogP contribution < -0.4 is 5.73 Å². The minimum absolute atomic E-state index is 0.0777. The maximum atomic E-state index is 13.3. The van der Waals surface area contributed by atoms with Crippen molar-refractivity contribution in [3.05, 3.63) is 74.3 Å². The number of nitro groups is 1. The molecular formula is C15H14F2N2O2. The first-order chi connectivity index (χ1) is 9.81. The predicted octanol–water partition coefficient (Wildman–Crippen LogP) is 3.54. The van der Waals surface area contributed by atoms with Crippen molar-refractivity contribution < 1.29 is 13.7 Å². The topological polar surface area (TPSA) is 69.2 Å². The summed E-state index contributed by atoms with van der Waals surface area (Å²) >= 11 is 0. The van der Waals surface area contributed by atoms with E-state index in [0.29, 0.717) is 11.1 Å². The Morgan fingerprint density at radius 2 is 1.81 bits per heavy atom. The summed E-state index contributed by atoms with van der Waals surface area (Å²) in [6.45, 7) is 3.53. The van der Waals surface area contributed by atoms with Crippen molar-refractivity contribution in [1.82, 2.24) is 0 Å². The van der Waals surface area contributed by atoms with Crippen molar-refractivity contribution in [3.8, 4) is 0 Å². The van der Waals surface area contributed by atoms with Gasteiger partial charge in [0.25, 0.3) is 5.69 Å². The summed E-state index contributed by atoms with van der Waals surface area (Å²) in [6.07, 6.45) is 0. The molecule has 0 heterocycles. The van der Waals surface area contributed by atoms with Crippen LogP contribution in [0.4, 0.5) is 14.5 Å². The lowest BCUT2D eigenvalue weighted by atomic mass is 9.92. The Morgan fingerprint density at radius 3 is 2.38 bits per heavy atom. The Hall–Kier alpha value is -2.34. The Labute approximate surface area is 120 Å². The standard InChI is InChI=1S/C15H14F2N2O2/c1-8-5-11(19(20)21)7-12(9(8)2)15(18)10-3-4-13(16)14(17)6-10/h3-7,15H,18H2,1-2H3. The highest BCUT2D eigenvalue weighted by Crippen LogP contribution is 2.29. The van der Waals surface area contributed by atoms with E-state index >= 15 is 0 Å². The van der Waals surface area contributed by atoms with E-state index in [4.69, 9.17) is 5.73 Å². The summed E-state index contributed by atoms with van der Waals surface area (Å²) in [5.41, 5.74) is 8.37. The number of rotatable bonds is 3. The molecule has 0 saturated carbocycles. The van der Waals surface area contributed by atoms with Gasteiger partial charge in [0.1, 0.15) is 0 Å². The lowest BCUT2D eigenvalue weighted by Crippen LogP contribution is -2.15. The van der Waals surface area contributed by atoms with E-state index in [2.05, 4.69) is 0 Å². The number of nitrogens with zero attached hydrogens (tertiary/aromatic N) is 1. The number of aryl methyl sites for hydroxylation is 1. The first-order valence-corrected chi connectivity index (χ1v) is 6.27. The van der Waals surface area contributed by atoms with Crippen LogP contribution >= 0.6 is 0 Å². The molecule has 21 heavy (non-hydrogen) atoms. The molecule has 0 radical (unpaired) electrons. The fraction of sp³-hybridized carbons (Fsp3) is 0.200. The molecule has 0 saturated heterocycles. The van der Waals surface area contributed by atoms with E-state index in [-0.39, 0.29) is 5.69 Å². The monoisotopic (exact) mass is 292 g/mol. The van der Waals surface area contributed by atoms with Gasteiger partial charge in [-0.1, -0.05) is 6.07 Å². The van der Waals surface area contributed by atoms with Crippen LogP contribution in [0.1, 0.15) is 28.3 Å². The minimum Gasteiger partial charge on any atom is -0.320 e. The summed E-state index contributed by atoms with van der Waals surface area (Å²) in [5, 5.41) is 10.9. The number of nitrogens with two attached hydrogens (primary N) is 1. The molecule has 1 unspecified atom stereocenters. The van der Waals surface area contributed by atoms with Gasteiger partial charge in [-0.3, -0.25) is 10.1 Å². The zero-order chi connectivity index (χ0) is 15.7. The third-order valence-corrected chi connectivity index (χ3v) is 3.54. The molecule has 6 heteroatoms. The average molecular weight is 292 g/mol. The van der Waals surface area contributed by atoms with Crippen molar-refractivity contribution in [2.24, 2.45) is 5.73 Å². The van der Waals surface area contributed by atoms with Crippen molar-refractivity contribution in [3.63, 3.8) is 0 Å². The number of benzene rings is 2. The molecule has 2 rings (SSSR count). The van der Waals surface area contributed by atoms with Crippen LogP contribution in [0.25, 0.3) is 0 Å². The molecule has 2 N–H and O–H groups in total. The summed E-state index contributed by atoms with van der Waals surface area (Å²) in [6, 6.07) is 5.43. The van der Waals surface area contributed by atoms with Crippen LogP contribution in [0.5, 0.6) is 0 Å². The van der Waals surface area contributed by atoms with E-state index in [1.165, 1.54) is 18.2 Å². The van der Waals surface area contributed by atoms with Crippen LogP contribution in [-0.4, -0.2) is 4.92 Å². The number of halogens is 2. The average Bonchev–Trinajstić information content (AvgIpc) is 2.43. The third-order valence-electron chi connectivity index (χ3n) is 3.54.